The van der Waals surface area contributed by atoms with E-state index in [9.17, 15) is 4.79 Å². The van der Waals surface area contributed by atoms with Crippen molar-refractivity contribution in [3.8, 4) is 0 Å². The van der Waals surface area contributed by atoms with Crippen molar-refractivity contribution in [2.75, 3.05) is 0 Å². The fraction of sp³-hybridized carbons (Fsp3) is 0.824. The SMILES string of the molecule is C=C1CCC23CC1C(C)(C)C2C1(C)C(=O)C1C3C. The molecule has 1 heteroatoms. The first-order valence-electron chi connectivity index (χ1n) is 7.50. The van der Waals surface area contributed by atoms with Crippen LogP contribution in [0.1, 0.15) is 47.0 Å². The fourth-order valence-corrected chi connectivity index (χ4v) is 7.08. The number of ketones is 1. The Morgan fingerprint density at radius 1 is 1.28 bits per heavy atom. The van der Waals surface area contributed by atoms with Crippen LogP contribution in [0.25, 0.3) is 0 Å². The molecule has 6 unspecified atom stereocenters. The molecule has 0 amide bonds. The fourth-order valence-electron chi connectivity index (χ4n) is 7.08. The van der Waals surface area contributed by atoms with Crippen LogP contribution in [0.2, 0.25) is 0 Å². The summed E-state index contributed by atoms with van der Waals surface area (Å²) in [6.07, 6.45) is 3.80. The number of allylic oxidation sites excluding steroid dienone is 1. The highest BCUT2D eigenvalue weighted by molar-refractivity contribution is 6.05. The van der Waals surface area contributed by atoms with Crippen LogP contribution in [0.5, 0.6) is 0 Å². The van der Waals surface area contributed by atoms with E-state index in [1.807, 2.05) is 0 Å². The molecule has 0 aromatic rings. The zero-order chi connectivity index (χ0) is 13.1. The van der Waals surface area contributed by atoms with E-state index in [0.29, 0.717) is 34.9 Å². The second-order valence-electron chi connectivity index (χ2n) is 8.32. The van der Waals surface area contributed by atoms with Crippen molar-refractivity contribution in [3.05, 3.63) is 12.2 Å². The van der Waals surface area contributed by atoms with Gasteiger partial charge in [-0.1, -0.05) is 39.8 Å². The molecule has 1 spiro atoms. The molecule has 98 valence electrons. The summed E-state index contributed by atoms with van der Waals surface area (Å²) < 4.78 is 0. The van der Waals surface area contributed by atoms with Crippen LogP contribution in [0, 0.1) is 39.9 Å². The molecule has 6 atom stereocenters. The number of Topliss-reactive ketones (excluding diaryl/α,β-unsaturated/α-hetero) is 1. The molecule has 4 saturated carbocycles. The summed E-state index contributed by atoms with van der Waals surface area (Å²) >= 11 is 0. The molecule has 1 nitrogen and oxygen atoms in total. The molecule has 4 aliphatic carbocycles. The molecule has 18 heavy (non-hydrogen) atoms. The molecule has 4 aliphatic rings. The maximum atomic E-state index is 12.3. The van der Waals surface area contributed by atoms with E-state index in [2.05, 4.69) is 34.3 Å². The summed E-state index contributed by atoms with van der Waals surface area (Å²) in [4.78, 5) is 12.3. The van der Waals surface area contributed by atoms with Crippen molar-refractivity contribution in [1.29, 1.82) is 0 Å². The van der Waals surface area contributed by atoms with Gasteiger partial charge in [-0.2, -0.15) is 0 Å². The van der Waals surface area contributed by atoms with Gasteiger partial charge in [0.25, 0.3) is 0 Å². The first kappa shape index (κ1) is 11.3. The number of rotatable bonds is 0. The minimum Gasteiger partial charge on any atom is -0.299 e. The van der Waals surface area contributed by atoms with E-state index < -0.39 is 0 Å². The lowest BCUT2D eigenvalue weighted by atomic mass is 9.62. The van der Waals surface area contributed by atoms with Gasteiger partial charge in [0.05, 0.1) is 0 Å². The molecule has 0 aromatic carbocycles. The van der Waals surface area contributed by atoms with Crippen LogP contribution >= 0.6 is 0 Å². The molecule has 0 saturated heterocycles. The first-order valence-corrected chi connectivity index (χ1v) is 7.50. The van der Waals surface area contributed by atoms with E-state index in [4.69, 9.17) is 0 Å². The van der Waals surface area contributed by atoms with Gasteiger partial charge in [-0.05, 0) is 47.8 Å². The summed E-state index contributed by atoms with van der Waals surface area (Å²) in [5.41, 5.74) is 2.21. The summed E-state index contributed by atoms with van der Waals surface area (Å²) in [5, 5.41) is 0. The minimum absolute atomic E-state index is 0.0162. The highest BCUT2D eigenvalue weighted by atomic mass is 16.1. The summed E-state index contributed by atoms with van der Waals surface area (Å²) in [7, 11) is 0. The molecule has 0 aliphatic heterocycles. The second-order valence-corrected chi connectivity index (χ2v) is 8.32. The Bertz CT molecular complexity index is 488. The van der Waals surface area contributed by atoms with Crippen molar-refractivity contribution in [1.82, 2.24) is 0 Å². The Balaban J connectivity index is 1.92. The maximum absolute atomic E-state index is 12.3. The molecule has 0 aromatic heterocycles. The Morgan fingerprint density at radius 3 is 2.61 bits per heavy atom. The molecule has 4 fully saturated rings. The smallest absolute Gasteiger partial charge is 0.144 e. The maximum Gasteiger partial charge on any atom is 0.144 e. The average molecular weight is 244 g/mol. The molecular weight excluding hydrogens is 220 g/mol. The number of carbonyl (C=O) groups is 1. The van der Waals surface area contributed by atoms with Crippen molar-refractivity contribution < 1.29 is 4.79 Å². The summed E-state index contributed by atoms with van der Waals surface area (Å²) in [6, 6.07) is 0. The Labute approximate surface area is 110 Å². The molecule has 0 N–H and O–H groups in total. The van der Waals surface area contributed by atoms with Crippen molar-refractivity contribution >= 4 is 5.78 Å². The molecular formula is C17H24O. The third-order valence-corrected chi connectivity index (χ3v) is 7.59. The van der Waals surface area contributed by atoms with Gasteiger partial charge in [-0.15, -0.1) is 0 Å². The van der Waals surface area contributed by atoms with Crippen LogP contribution in [-0.4, -0.2) is 5.78 Å². The lowest BCUT2D eigenvalue weighted by Gasteiger charge is -2.41. The van der Waals surface area contributed by atoms with Crippen LogP contribution in [0.4, 0.5) is 0 Å². The van der Waals surface area contributed by atoms with E-state index in [1.165, 1.54) is 24.8 Å². The van der Waals surface area contributed by atoms with Gasteiger partial charge in [-0.25, -0.2) is 0 Å². The highest BCUT2D eigenvalue weighted by Gasteiger charge is 2.84. The van der Waals surface area contributed by atoms with E-state index in [1.54, 1.807) is 0 Å². The third-order valence-electron chi connectivity index (χ3n) is 7.59. The molecule has 4 rings (SSSR count). The molecule has 0 heterocycles. The van der Waals surface area contributed by atoms with Crippen LogP contribution in [0.3, 0.4) is 0 Å². The van der Waals surface area contributed by atoms with Gasteiger partial charge >= 0.3 is 0 Å². The largest absolute Gasteiger partial charge is 0.299 e. The number of hydrogen-bond acceptors (Lipinski definition) is 1. The number of carbonyl (C=O) groups excluding carboxylic acids is 1. The summed E-state index contributed by atoms with van der Waals surface area (Å²) in [5.74, 6) is 2.82. The number of fused-ring (bicyclic) bond motifs is 3. The van der Waals surface area contributed by atoms with E-state index in [0.717, 1.165) is 0 Å². The minimum atomic E-state index is 0.0162. The quantitative estimate of drug-likeness (QED) is 0.592. The van der Waals surface area contributed by atoms with E-state index >= 15 is 0 Å². The van der Waals surface area contributed by atoms with Crippen molar-refractivity contribution in [2.24, 2.45) is 39.9 Å². The van der Waals surface area contributed by atoms with Gasteiger partial charge in [0.2, 0.25) is 0 Å². The number of hydrogen-bond donors (Lipinski definition) is 0. The van der Waals surface area contributed by atoms with Crippen molar-refractivity contribution in [2.45, 2.75) is 47.0 Å². The normalized spacial score (nSPS) is 59.6. The van der Waals surface area contributed by atoms with Gasteiger partial charge in [0.1, 0.15) is 5.78 Å². The average Bonchev–Trinajstić information content (AvgIpc) is 2.64. The predicted octanol–water partition coefficient (Wildman–Crippen LogP) is 3.84. The zero-order valence-electron chi connectivity index (χ0n) is 12.0. The Hall–Kier alpha value is -0.590. The lowest BCUT2D eigenvalue weighted by molar-refractivity contribution is -0.119. The molecule has 0 radical (unpaired) electrons. The van der Waals surface area contributed by atoms with E-state index in [-0.39, 0.29) is 10.8 Å². The van der Waals surface area contributed by atoms with Crippen LogP contribution < -0.4 is 0 Å². The van der Waals surface area contributed by atoms with Crippen LogP contribution in [-0.2, 0) is 4.79 Å². The van der Waals surface area contributed by atoms with Crippen molar-refractivity contribution in [3.63, 3.8) is 0 Å². The highest BCUT2D eigenvalue weighted by Crippen LogP contribution is 2.84. The monoisotopic (exact) mass is 244 g/mol. The summed E-state index contributed by atoms with van der Waals surface area (Å²) in [6.45, 7) is 13.8. The third kappa shape index (κ3) is 0.822. The standard InChI is InChI=1S/C17H24O/c1-9-6-7-17-8-11(9)15(3,4)14(17)16(5)12(10(17)2)13(16)18/h10-12,14H,1,6-8H2,2-5H3. The predicted molar refractivity (Wildman–Crippen MR) is 72.0 cm³/mol. The first-order chi connectivity index (χ1) is 8.28. The Kier molecular flexibility index (Phi) is 1.65. The Morgan fingerprint density at radius 2 is 1.94 bits per heavy atom. The lowest BCUT2D eigenvalue weighted by Crippen LogP contribution is -2.38. The zero-order valence-corrected chi connectivity index (χ0v) is 12.0. The van der Waals surface area contributed by atoms with Gasteiger partial charge < -0.3 is 0 Å². The second kappa shape index (κ2) is 2.64. The van der Waals surface area contributed by atoms with Gasteiger partial charge in [-0.3, -0.25) is 4.79 Å². The van der Waals surface area contributed by atoms with Gasteiger partial charge in [0, 0.05) is 11.3 Å². The van der Waals surface area contributed by atoms with Gasteiger partial charge in [0.15, 0.2) is 0 Å². The van der Waals surface area contributed by atoms with Crippen LogP contribution in [0.15, 0.2) is 12.2 Å². The topological polar surface area (TPSA) is 17.1 Å². The molecule has 2 bridgehead atoms.